The molecule has 0 bridgehead atoms. The largest absolute Gasteiger partial charge is 0.479 e. The third-order valence-electron chi connectivity index (χ3n) is 19.3. The van der Waals surface area contributed by atoms with Gasteiger partial charge in [0.1, 0.15) is 67.1 Å². The predicted octanol–water partition coefficient (Wildman–Crippen LogP) is 0.233. The number of hydrogen-bond acceptors (Lipinski definition) is 18. The second-order valence-electron chi connectivity index (χ2n) is 23.5. The minimum absolute atomic E-state index is 0.0828. The molecule has 0 aromatic rings. The van der Waals surface area contributed by atoms with E-state index in [2.05, 4.69) is 54.5 Å². The summed E-state index contributed by atoms with van der Waals surface area (Å²) in [5.41, 5.74) is -1.05. The summed E-state index contributed by atoms with van der Waals surface area (Å²) in [7, 11) is 0. The minimum Gasteiger partial charge on any atom is -0.479 e. The van der Waals surface area contributed by atoms with Crippen molar-refractivity contribution in [3.63, 3.8) is 0 Å². The lowest BCUT2D eigenvalue weighted by molar-refractivity contribution is -0.374. The van der Waals surface area contributed by atoms with Crippen LogP contribution in [0.15, 0.2) is 11.6 Å². The van der Waals surface area contributed by atoms with E-state index in [-0.39, 0.29) is 39.4 Å². The molecule has 8 rings (SSSR count). The Labute approximate surface area is 391 Å². The SMILES string of the molecule is CC1(C)CC[C@]2(C(=O)O[C@@H]3O[C@H](CO)[C@@H](O)[C@H](O)[C@H]3O)CC[C@]3(C)C(=CC[C@@H]4[C@@]5(C)CC[C@H](O[C@@H]6O[C@H](C(=O)O)[C@@H](O)[C@H](O)[C@H]6O[C@@H]6O[C@H](CO)[C@H](O)[C@H](O)[C@H]6O)C(C)(C)[C@H]5CC[C@]43C)[C@@H]2C1. The van der Waals surface area contributed by atoms with Crippen molar-refractivity contribution < 1.29 is 94.2 Å². The maximum atomic E-state index is 14.7. The topological polar surface area (TPSA) is 312 Å². The number of fused-ring (bicyclic) bond motifs is 7. The van der Waals surface area contributed by atoms with Crippen molar-refractivity contribution in [1.29, 1.82) is 0 Å². The van der Waals surface area contributed by atoms with Crippen LogP contribution >= 0.6 is 0 Å². The number of rotatable bonds is 9. The molecule has 19 nitrogen and oxygen atoms in total. The van der Waals surface area contributed by atoms with Crippen LogP contribution in [-0.2, 0) is 38.0 Å². The highest BCUT2D eigenvalue weighted by atomic mass is 16.8. The second-order valence-corrected chi connectivity index (χ2v) is 23.5. The van der Waals surface area contributed by atoms with Crippen LogP contribution in [-0.4, -0.2) is 180 Å². The Morgan fingerprint density at radius 3 is 1.85 bits per heavy atom. The van der Waals surface area contributed by atoms with E-state index >= 15 is 0 Å². The summed E-state index contributed by atoms with van der Waals surface area (Å²) in [5, 5.41) is 115. The average molecular weight is 957 g/mol. The van der Waals surface area contributed by atoms with Gasteiger partial charge in [-0.25, -0.2) is 4.79 Å². The van der Waals surface area contributed by atoms with Crippen LogP contribution in [0.3, 0.4) is 0 Å². The quantitative estimate of drug-likeness (QED) is 0.0838. The fourth-order valence-corrected chi connectivity index (χ4v) is 15.0. The molecule has 3 saturated heterocycles. The number of aliphatic hydroxyl groups excluding tert-OH is 10. The van der Waals surface area contributed by atoms with E-state index in [1.165, 1.54) is 5.57 Å². The number of carboxylic acids is 1. The van der Waals surface area contributed by atoms with Gasteiger partial charge in [-0.2, -0.15) is 0 Å². The molecular formula is C48H76O19. The zero-order valence-electron chi connectivity index (χ0n) is 39.7. The molecule has 5 aliphatic carbocycles. The van der Waals surface area contributed by atoms with Gasteiger partial charge >= 0.3 is 11.9 Å². The first-order valence-electron chi connectivity index (χ1n) is 24.3. The molecule has 3 heterocycles. The van der Waals surface area contributed by atoms with E-state index < -0.39 is 134 Å². The molecule has 3 aliphatic heterocycles. The number of carbonyl (C=O) groups excluding carboxylic acids is 1. The number of esters is 1. The van der Waals surface area contributed by atoms with E-state index in [0.29, 0.717) is 25.7 Å². The highest BCUT2D eigenvalue weighted by Gasteiger charge is 2.70. The van der Waals surface area contributed by atoms with Gasteiger partial charge in [0.05, 0.1) is 24.7 Å². The monoisotopic (exact) mass is 956 g/mol. The molecular weight excluding hydrogens is 881 g/mol. The molecule has 23 atom stereocenters. The molecule has 0 unspecified atom stereocenters. The van der Waals surface area contributed by atoms with Crippen molar-refractivity contribution in [1.82, 2.24) is 0 Å². The predicted molar refractivity (Wildman–Crippen MR) is 231 cm³/mol. The summed E-state index contributed by atoms with van der Waals surface area (Å²) in [6.07, 6.45) is -16.4. The maximum Gasteiger partial charge on any atom is 0.335 e. The summed E-state index contributed by atoms with van der Waals surface area (Å²) < 4.78 is 35.7. The Bertz CT molecular complexity index is 1870. The highest BCUT2D eigenvalue weighted by molar-refractivity contribution is 5.79. The molecule has 0 aromatic carbocycles. The summed E-state index contributed by atoms with van der Waals surface area (Å²) in [6.45, 7) is 14.4. The van der Waals surface area contributed by atoms with Crippen LogP contribution in [0, 0.1) is 50.2 Å². The van der Waals surface area contributed by atoms with Crippen molar-refractivity contribution in [3.05, 3.63) is 11.6 Å². The highest BCUT2D eigenvalue weighted by Crippen LogP contribution is 2.76. The van der Waals surface area contributed by atoms with Gasteiger partial charge in [-0.1, -0.05) is 60.1 Å². The van der Waals surface area contributed by atoms with Gasteiger partial charge in [0.2, 0.25) is 6.29 Å². The second kappa shape index (κ2) is 18.0. The van der Waals surface area contributed by atoms with Gasteiger partial charge in [0.25, 0.3) is 0 Å². The first kappa shape index (κ1) is 51.4. The van der Waals surface area contributed by atoms with Crippen molar-refractivity contribution in [3.8, 4) is 0 Å². The van der Waals surface area contributed by atoms with Crippen LogP contribution < -0.4 is 0 Å². The summed E-state index contributed by atoms with van der Waals surface area (Å²) >= 11 is 0. The lowest BCUT2D eigenvalue weighted by atomic mass is 9.33. The Hall–Kier alpha value is -1.92. The van der Waals surface area contributed by atoms with Crippen molar-refractivity contribution in [2.24, 2.45) is 50.2 Å². The van der Waals surface area contributed by atoms with Crippen LogP contribution in [0.5, 0.6) is 0 Å². The number of aliphatic hydroxyl groups is 10. The normalized spacial score (nSPS) is 52.6. The number of aliphatic carboxylic acids is 1. The summed E-state index contributed by atoms with van der Waals surface area (Å²) in [5.74, 6) is -1.94. The molecule has 0 radical (unpaired) electrons. The molecule has 0 spiro atoms. The van der Waals surface area contributed by atoms with Crippen molar-refractivity contribution in [2.45, 2.75) is 211 Å². The van der Waals surface area contributed by atoms with Crippen LogP contribution in [0.1, 0.15) is 113 Å². The molecule has 0 amide bonds. The summed E-state index contributed by atoms with van der Waals surface area (Å²) in [6, 6.07) is 0. The van der Waals surface area contributed by atoms with E-state index in [1.54, 1.807) is 0 Å². The Kier molecular flexibility index (Phi) is 13.8. The number of hydrogen-bond donors (Lipinski definition) is 11. The number of ether oxygens (including phenoxy) is 6. The fourth-order valence-electron chi connectivity index (χ4n) is 15.0. The van der Waals surface area contributed by atoms with Gasteiger partial charge in [0, 0.05) is 0 Å². The van der Waals surface area contributed by atoms with Crippen LogP contribution in [0.2, 0.25) is 0 Å². The van der Waals surface area contributed by atoms with E-state index in [1.807, 2.05) is 0 Å². The first-order valence-corrected chi connectivity index (χ1v) is 24.3. The fraction of sp³-hybridized carbons (Fsp3) is 0.917. The first-order chi connectivity index (χ1) is 31.2. The lowest BCUT2D eigenvalue weighted by Gasteiger charge is -2.71. The molecule has 0 aromatic heterocycles. The Balaban J connectivity index is 1.05. The van der Waals surface area contributed by atoms with Gasteiger partial charge in [-0.3, -0.25) is 4.79 Å². The van der Waals surface area contributed by atoms with E-state index in [0.717, 1.165) is 38.5 Å². The van der Waals surface area contributed by atoms with Crippen LogP contribution in [0.25, 0.3) is 0 Å². The maximum absolute atomic E-state index is 14.7. The third kappa shape index (κ3) is 8.06. The standard InChI is InChI=1S/C48H76O19/c1-43(2)14-16-48(42(61)67-40-35(58)31(54)29(52)24(20-50)63-40)17-15-46(6)21(22(48)18-43)8-9-26-45(5)12-11-27(44(3,4)25(45)10-13-47(26,46)7)64-41-37(33(56)32(55)36(65-41)38(59)60)66-39-34(57)30(53)28(51)23(19-49)62-39/h8,22-37,39-41,49-58H,9-20H2,1-7H3,(H,59,60)/t22-,23+,24+,25+,26+,27-,28-,29+,30-,31-,32-,33-,34+,35+,36-,37+,39-,40-,41+,45-,46+,47+,48-/m0/s1. The lowest BCUT2D eigenvalue weighted by Crippen LogP contribution is -2.67. The number of allylic oxidation sites excluding steroid dienone is 2. The molecule has 67 heavy (non-hydrogen) atoms. The molecule has 382 valence electrons. The van der Waals surface area contributed by atoms with E-state index in [4.69, 9.17) is 28.4 Å². The Morgan fingerprint density at radius 1 is 0.642 bits per heavy atom. The van der Waals surface area contributed by atoms with Gasteiger partial charge in [0.15, 0.2) is 18.7 Å². The van der Waals surface area contributed by atoms with Gasteiger partial charge in [-0.15, -0.1) is 0 Å². The van der Waals surface area contributed by atoms with Crippen LogP contribution in [0.4, 0.5) is 0 Å². The third-order valence-corrected chi connectivity index (χ3v) is 19.3. The van der Waals surface area contributed by atoms with Gasteiger partial charge in [-0.05, 0) is 109 Å². The minimum atomic E-state index is -1.98. The smallest absolute Gasteiger partial charge is 0.335 e. The molecule has 4 saturated carbocycles. The number of carboxylic acid groups (broad SMARTS) is 1. The average Bonchev–Trinajstić information content (AvgIpc) is 3.26. The van der Waals surface area contributed by atoms with Crippen molar-refractivity contribution >= 4 is 11.9 Å². The molecule has 11 N–H and O–H groups in total. The Morgan fingerprint density at radius 2 is 1.24 bits per heavy atom. The molecule has 8 aliphatic rings. The molecule has 7 fully saturated rings. The van der Waals surface area contributed by atoms with E-state index in [9.17, 15) is 65.8 Å². The van der Waals surface area contributed by atoms with Gasteiger partial charge < -0.3 is 84.6 Å². The van der Waals surface area contributed by atoms with Crippen molar-refractivity contribution in [2.75, 3.05) is 13.2 Å². The summed E-state index contributed by atoms with van der Waals surface area (Å²) in [4.78, 5) is 27.0. The zero-order valence-corrected chi connectivity index (χ0v) is 39.7. The number of carbonyl (C=O) groups is 2. The zero-order chi connectivity index (χ0) is 49.1. The molecule has 19 heteroatoms.